The van der Waals surface area contributed by atoms with Crippen LogP contribution in [-0.2, 0) is 19.6 Å². The molecular formula is C19H24F4N2O5S. The Morgan fingerprint density at radius 1 is 1.23 bits per heavy atom. The van der Waals surface area contributed by atoms with Gasteiger partial charge in [-0.3, -0.25) is 14.9 Å². The Morgan fingerprint density at radius 2 is 1.94 bits per heavy atom. The third-order valence-electron chi connectivity index (χ3n) is 4.86. The standard InChI is InChI=1S/C19H24F4N2O5S/c1-12(14-6-8-15(20)16(11-14)30-19(21,22)23)25-31(28,29)10-4-2-3-5-13-7-9-17(26)24-18(13)27/h6,8,11-13,25H,2-5,7,9-10H2,1H3,(H,24,26,27)/t12-,13?/m1/s1. The highest BCUT2D eigenvalue weighted by atomic mass is 32.2. The van der Waals surface area contributed by atoms with Gasteiger partial charge in [0.2, 0.25) is 21.8 Å². The lowest BCUT2D eigenvalue weighted by Gasteiger charge is -2.20. The van der Waals surface area contributed by atoms with Gasteiger partial charge in [-0.05, 0) is 43.9 Å². The fraction of sp³-hybridized carbons (Fsp3) is 0.579. The van der Waals surface area contributed by atoms with Crippen LogP contribution in [0.5, 0.6) is 5.75 Å². The van der Waals surface area contributed by atoms with Crippen molar-refractivity contribution in [1.82, 2.24) is 10.0 Å². The first-order chi connectivity index (χ1) is 14.4. The predicted octanol–water partition coefficient (Wildman–Crippen LogP) is 3.32. The quantitative estimate of drug-likeness (QED) is 0.312. The van der Waals surface area contributed by atoms with Crippen LogP contribution in [0.1, 0.15) is 57.1 Å². The Balaban J connectivity index is 1.80. The van der Waals surface area contributed by atoms with Crippen LogP contribution in [0.2, 0.25) is 0 Å². The lowest BCUT2D eigenvalue weighted by atomic mass is 9.92. The fourth-order valence-corrected chi connectivity index (χ4v) is 4.64. The van der Waals surface area contributed by atoms with Gasteiger partial charge in [-0.25, -0.2) is 17.5 Å². The van der Waals surface area contributed by atoms with Crippen molar-refractivity contribution in [1.29, 1.82) is 0 Å². The van der Waals surface area contributed by atoms with Crippen molar-refractivity contribution < 1.29 is 40.3 Å². The predicted molar refractivity (Wildman–Crippen MR) is 103 cm³/mol. The third kappa shape index (κ3) is 8.44. The molecule has 0 bridgehead atoms. The summed E-state index contributed by atoms with van der Waals surface area (Å²) in [5, 5.41) is 2.27. The van der Waals surface area contributed by atoms with Crippen LogP contribution in [0.15, 0.2) is 18.2 Å². The number of alkyl halides is 3. The van der Waals surface area contributed by atoms with Crippen LogP contribution < -0.4 is 14.8 Å². The van der Waals surface area contributed by atoms with Gasteiger partial charge >= 0.3 is 6.36 Å². The largest absolute Gasteiger partial charge is 0.573 e. The normalized spacial score (nSPS) is 18.5. The summed E-state index contributed by atoms with van der Waals surface area (Å²) < 4.78 is 81.0. The lowest BCUT2D eigenvalue weighted by molar-refractivity contribution is -0.275. The third-order valence-corrected chi connectivity index (χ3v) is 6.40. The molecule has 1 aromatic carbocycles. The zero-order valence-corrected chi connectivity index (χ0v) is 17.6. The molecule has 0 radical (unpaired) electrons. The molecule has 174 valence electrons. The molecule has 31 heavy (non-hydrogen) atoms. The van der Waals surface area contributed by atoms with Gasteiger partial charge in [-0.1, -0.05) is 18.9 Å². The number of sulfonamides is 1. The van der Waals surface area contributed by atoms with Gasteiger partial charge < -0.3 is 4.74 Å². The number of unbranched alkanes of at least 4 members (excludes halogenated alkanes) is 2. The summed E-state index contributed by atoms with van der Waals surface area (Å²) in [6.07, 6.45) is -2.25. The van der Waals surface area contributed by atoms with Crippen LogP contribution in [0.4, 0.5) is 17.6 Å². The van der Waals surface area contributed by atoms with Gasteiger partial charge in [0.25, 0.3) is 0 Å². The Labute approximate surface area is 177 Å². The van der Waals surface area contributed by atoms with Crippen LogP contribution in [0.3, 0.4) is 0 Å². The number of nitrogens with one attached hydrogen (secondary N) is 2. The van der Waals surface area contributed by atoms with Gasteiger partial charge in [0.05, 0.1) is 5.75 Å². The molecule has 1 unspecified atom stereocenters. The second-order valence-electron chi connectivity index (χ2n) is 7.39. The van der Waals surface area contributed by atoms with E-state index < -0.39 is 34.0 Å². The summed E-state index contributed by atoms with van der Waals surface area (Å²) in [6, 6.07) is 1.85. The topological polar surface area (TPSA) is 102 Å². The number of imide groups is 1. The highest BCUT2D eigenvalue weighted by molar-refractivity contribution is 7.89. The molecule has 1 saturated heterocycles. The maximum Gasteiger partial charge on any atom is 0.573 e. The Bertz CT molecular complexity index is 905. The number of carbonyl (C=O) groups excluding carboxylic acids is 2. The molecule has 2 amide bonds. The van der Waals surface area contributed by atoms with Gasteiger partial charge in [0.1, 0.15) is 0 Å². The molecule has 1 aromatic rings. The second-order valence-corrected chi connectivity index (χ2v) is 9.27. The van der Waals surface area contributed by atoms with E-state index in [0.717, 1.165) is 12.1 Å². The van der Waals surface area contributed by atoms with Crippen molar-refractivity contribution >= 4 is 21.8 Å². The number of hydrogen-bond donors (Lipinski definition) is 2. The smallest absolute Gasteiger partial charge is 0.403 e. The highest BCUT2D eigenvalue weighted by Gasteiger charge is 2.32. The van der Waals surface area contributed by atoms with Crippen molar-refractivity contribution in [2.45, 2.75) is 57.9 Å². The van der Waals surface area contributed by atoms with E-state index in [-0.39, 0.29) is 29.0 Å². The monoisotopic (exact) mass is 468 g/mol. The molecule has 0 spiro atoms. The van der Waals surface area contributed by atoms with Crippen LogP contribution >= 0.6 is 0 Å². The fourth-order valence-electron chi connectivity index (χ4n) is 3.26. The molecule has 1 aliphatic heterocycles. The minimum absolute atomic E-state index is 0.113. The highest BCUT2D eigenvalue weighted by Crippen LogP contribution is 2.28. The number of carbonyl (C=O) groups is 2. The van der Waals surface area contributed by atoms with E-state index in [9.17, 15) is 35.6 Å². The molecule has 0 aliphatic carbocycles. The van der Waals surface area contributed by atoms with Crippen LogP contribution in [0.25, 0.3) is 0 Å². The molecule has 2 atom stereocenters. The van der Waals surface area contributed by atoms with Crippen molar-refractivity contribution in [2.75, 3.05) is 5.75 Å². The minimum Gasteiger partial charge on any atom is -0.403 e. The zero-order chi connectivity index (χ0) is 23.2. The zero-order valence-electron chi connectivity index (χ0n) is 16.8. The van der Waals surface area contributed by atoms with Gasteiger partial charge in [-0.15, -0.1) is 13.2 Å². The van der Waals surface area contributed by atoms with Crippen molar-refractivity contribution in [3.8, 4) is 5.75 Å². The van der Waals surface area contributed by atoms with Gasteiger partial charge in [0, 0.05) is 18.4 Å². The molecular weight excluding hydrogens is 444 g/mol. The summed E-state index contributed by atoms with van der Waals surface area (Å²) in [5.41, 5.74) is 0.113. The molecule has 1 heterocycles. The van der Waals surface area contributed by atoms with Crippen molar-refractivity contribution in [3.05, 3.63) is 29.6 Å². The van der Waals surface area contributed by atoms with Crippen molar-refractivity contribution in [3.63, 3.8) is 0 Å². The van der Waals surface area contributed by atoms with Crippen LogP contribution in [-0.4, -0.2) is 32.3 Å². The summed E-state index contributed by atoms with van der Waals surface area (Å²) >= 11 is 0. The number of ether oxygens (including phenoxy) is 1. The minimum atomic E-state index is -5.07. The first kappa shape index (κ1) is 25.1. The van der Waals surface area contributed by atoms with Gasteiger partial charge in [0.15, 0.2) is 11.6 Å². The summed E-state index contributed by atoms with van der Waals surface area (Å²) in [7, 11) is -3.74. The molecule has 1 aliphatic rings. The van der Waals surface area contributed by atoms with E-state index in [1.165, 1.54) is 13.0 Å². The van der Waals surface area contributed by atoms with E-state index in [0.29, 0.717) is 38.5 Å². The summed E-state index contributed by atoms with van der Waals surface area (Å²) in [6.45, 7) is 1.42. The second kappa shape index (κ2) is 10.4. The molecule has 7 nitrogen and oxygen atoms in total. The van der Waals surface area contributed by atoms with Crippen LogP contribution in [0, 0.1) is 11.7 Å². The number of piperidine rings is 1. The molecule has 1 fully saturated rings. The van der Waals surface area contributed by atoms with Gasteiger partial charge in [-0.2, -0.15) is 0 Å². The van der Waals surface area contributed by atoms with E-state index in [1.807, 2.05) is 0 Å². The average Bonchev–Trinajstić information content (AvgIpc) is 2.63. The molecule has 0 aromatic heterocycles. The first-order valence-electron chi connectivity index (χ1n) is 9.75. The van der Waals surface area contributed by atoms with Crippen molar-refractivity contribution in [2.24, 2.45) is 5.92 Å². The van der Waals surface area contributed by atoms with E-state index in [1.54, 1.807) is 0 Å². The number of hydrogen-bond acceptors (Lipinski definition) is 5. The maximum atomic E-state index is 13.5. The lowest BCUT2D eigenvalue weighted by Crippen LogP contribution is -2.40. The Morgan fingerprint density at radius 3 is 2.58 bits per heavy atom. The Kier molecular flexibility index (Phi) is 8.41. The average molecular weight is 468 g/mol. The summed E-state index contributed by atoms with van der Waals surface area (Å²) in [5.74, 6) is -3.30. The molecule has 0 saturated carbocycles. The number of rotatable bonds is 10. The first-order valence-corrected chi connectivity index (χ1v) is 11.4. The van der Waals surface area contributed by atoms with E-state index >= 15 is 0 Å². The maximum absolute atomic E-state index is 13.5. The molecule has 12 heteroatoms. The number of halogens is 4. The summed E-state index contributed by atoms with van der Waals surface area (Å²) in [4.78, 5) is 22.8. The number of amides is 2. The Hall–Kier alpha value is -2.21. The molecule has 2 rings (SSSR count). The number of benzene rings is 1. The van der Waals surface area contributed by atoms with E-state index in [4.69, 9.17) is 0 Å². The SMILES string of the molecule is C[C@@H](NS(=O)(=O)CCCCCC1CCC(=O)NC1=O)c1ccc(F)c(OC(F)(F)F)c1. The molecule has 2 N–H and O–H groups in total. The van der Waals surface area contributed by atoms with E-state index in [2.05, 4.69) is 14.8 Å².